The van der Waals surface area contributed by atoms with Crippen LogP contribution in [0.5, 0.6) is 0 Å². The number of nitrogen functional groups attached to an aromatic ring is 1. The minimum atomic E-state index is -3.83. The topological polar surface area (TPSA) is 90.3 Å². The van der Waals surface area contributed by atoms with Crippen LogP contribution in [0.25, 0.3) is 5.65 Å². The monoisotopic (exact) mass is 382 g/mol. The maximum atomic E-state index is 13.2. The van der Waals surface area contributed by atoms with E-state index in [0.29, 0.717) is 27.1 Å². The molecular weight excluding hydrogens is 368 g/mol. The van der Waals surface area contributed by atoms with Gasteiger partial charge in [-0.05, 0) is 38.3 Å². The molecule has 0 aliphatic carbocycles. The van der Waals surface area contributed by atoms with Crippen LogP contribution in [0.15, 0.2) is 39.1 Å². The molecule has 0 atom stereocenters. The van der Waals surface area contributed by atoms with Gasteiger partial charge >= 0.3 is 0 Å². The molecule has 0 amide bonds. The fourth-order valence-corrected chi connectivity index (χ4v) is 5.12. The molecule has 0 saturated heterocycles. The van der Waals surface area contributed by atoms with Crippen LogP contribution >= 0.6 is 23.4 Å². The molecule has 0 saturated carbocycles. The van der Waals surface area contributed by atoms with Crippen molar-refractivity contribution in [3.05, 3.63) is 40.7 Å². The second-order valence-corrected chi connectivity index (χ2v) is 8.35. The van der Waals surface area contributed by atoms with Gasteiger partial charge < -0.3 is 5.73 Å². The zero-order valence-corrected chi connectivity index (χ0v) is 15.6. The average molecular weight is 383 g/mol. The van der Waals surface area contributed by atoms with E-state index in [-0.39, 0.29) is 15.4 Å². The Morgan fingerprint density at radius 2 is 2.00 bits per heavy atom. The lowest BCUT2D eigenvalue weighted by atomic mass is 10.3. The number of benzene rings is 1. The van der Waals surface area contributed by atoms with Crippen molar-refractivity contribution < 1.29 is 8.42 Å². The molecule has 9 heteroatoms. The van der Waals surface area contributed by atoms with Crippen LogP contribution in [0.4, 0.5) is 5.69 Å². The van der Waals surface area contributed by atoms with Gasteiger partial charge in [-0.1, -0.05) is 17.7 Å². The Labute approximate surface area is 149 Å². The summed E-state index contributed by atoms with van der Waals surface area (Å²) in [5, 5.41) is 5.09. The van der Waals surface area contributed by atoms with Crippen LogP contribution in [0.2, 0.25) is 5.02 Å². The number of aromatic nitrogens is 3. The standard InChI is InChI=1S/C15H15ClN4O2S2/c1-8-12(17)9(2)20-14(18-8)13(15(19-20)23-3)24(21,22)11-6-4-5-10(16)7-11/h4-7H,17H2,1-3H3. The number of aryl methyl sites for hydroxylation is 2. The number of halogens is 1. The lowest BCUT2D eigenvalue weighted by molar-refractivity contribution is 0.594. The second-order valence-electron chi connectivity index (χ2n) is 5.23. The van der Waals surface area contributed by atoms with Crippen molar-refractivity contribution in [3.63, 3.8) is 0 Å². The third-order valence-electron chi connectivity index (χ3n) is 3.73. The summed E-state index contributed by atoms with van der Waals surface area (Å²) < 4.78 is 27.8. The highest BCUT2D eigenvalue weighted by Crippen LogP contribution is 2.34. The molecule has 0 unspecified atom stereocenters. The Morgan fingerprint density at radius 3 is 2.62 bits per heavy atom. The Kier molecular flexibility index (Phi) is 4.23. The van der Waals surface area contributed by atoms with Crippen molar-refractivity contribution in [2.45, 2.75) is 28.7 Å². The average Bonchev–Trinajstić information content (AvgIpc) is 2.92. The Balaban J connectivity index is 2.41. The van der Waals surface area contributed by atoms with Gasteiger partial charge in [-0.3, -0.25) is 0 Å². The molecule has 0 spiro atoms. The highest BCUT2D eigenvalue weighted by molar-refractivity contribution is 7.99. The van der Waals surface area contributed by atoms with Gasteiger partial charge in [-0.15, -0.1) is 11.8 Å². The normalized spacial score (nSPS) is 12.0. The zero-order chi connectivity index (χ0) is 17.6. The van der Waals surface area contributed by atoms with E-state index in [2.05, 4.69) is 10.1 Å². The van der Waals surface area contributed by atoms with Crippen molar-refractivity contribution in [3.8, 4) is 0 Å². The van der Waals surface area contributed by atoms with Gasteiger partial charge in [0.2, 0.25) is 9.84 Å². The molecule has 6 nitrogen and oxygen atoms in total. The third kappa shape index (κ3) is 2.54. The minimum Gasteiger partial charge on any atom is -0.396 e. The van der Waals surface area contributed by atoms with Crippen molar-refractivity contribution in [2.75, 3.05) is 12.0 Å². The van der Waals surface area contributed by atoms with Gasteiger partial charge in [0, 0.05) is 5.02 Å². The van der Waals surface area contributed by atoms with Gasteiger partial charge in [-0.2, -0.15) is 5.10 Å². The van der Waals surface area contributed by atoms with Crippen LogP contribution in [-0.2, 0) is 9.84 Å². The summed E-state index contributed by atoms with van der Waals surface area (Å²) >= 11 is 7.20. The van der Waals surface area contributed by atoms with E-state index < -0.39 is 9.84 Å². The zero-order valence-electron chi connectivity index (χ0n) is 13.2. The van der Waals surface area contributed by atoms with Gasteiger partial charge in [0.25, 0.3) is 0 Å². The fraction of sp³-hybridized carbons (Fsp3) is 0.200. The predicted molar refractivity (Wildman–Crippen MR) is 95.6 cm³/mol. The van der Waals surface area contributed by atoms with E-state index in [4.69, 9.17) is 17.3 Å². The van der Waals surface area contributed by atoms with E-state index in [9.17, 15) is 8.42 Å². The first kappa shape index (κ1) is 17.1. The van der Waals surface area contributed by atoms with Gasteiger partial charge in [0.15, 0.2) is 10.5 Å². The first-order valence-corrected chi connectivity index (χ1v) is 10.1. The molecule has 126 valence electrons. The van der Waals surface area contributed by atoms with Crippen molar-refractivity contribution in [1.82, 2.24) is 14.6 Å². The summed E-state index contributed by atoms with van der Waals surface area (Å²) in [4.78, 5) is 4.55. The van der Waals surface area contributed by atoms with Crippen LogP contribution in [0.1, 0.15) is 11.4 Å². The number of sulfone groups is 1. The van der Waals surface area contributed by atoms with E-state index in [1.165, 1.54) is 28.4 Å². The summed E-state index contributed by atoms with van der Waals surface area (Å²) in [5.74, 6) is 0. The summed E-state index contributed by atoms with van der Waals surface area (Å²) in [5.41, 5.74) is 7.97. The number of rotatable bonds is 3. The highest BCUT2D eigenvalue weighted by Gasteiger charge is 2.29. The van der Waals surface area contributed by atoms with Crippen LogP contribution < -0.4 is 5.73 Å². The predicted octanol–water partition coefficient (Wildman–Crippen LogP) is 3.14. The molecule has 2 N–H and O–H groups in total. The fourth-order valence-electron chi connectivity index (χ4n) is 2.42. The van der Waals surface area contributed by atoms with Crippen LogP contribution in [0, 0.1) is 13.8 Å². The second kappa shape index (κ2) is 5.94. The number of hydrogen-bond acceptors (Lipinski definition) is 6. The molecule has 2 heterocycles. The largest absolute Gasteiger partial charge is 0.396 e. The number of nitrogens with zero attached hydrogens (tertiary/aromatic N) is 3. The van der Waals surface area contributed by atoms with Gasteiger partial charge in [-0.25, -0.2) is 17.9 Å². The molecule has 2 aromatic heterocycles. The molecule has 0 fully saturated rings. The van der Waals surface area contributed by atoms with Crippen molar-refractivity contribution >= 4 is 44.5 Å². The summed E-state index contributed by atoms with van der Waals surface area (Å²) in [6.07, 6.45) is 1.77. The molecule has 3 aromatic rings. The lowest BCUT2D eigenvalue weighted by Gasteiger charge is -2.08. The number of hydrogen-bond donors (Lipinski definition) is 1. The Bertz CT molecular complexity index is 1060. The SMILES string of the molecule is CSc1nn2c(C)c(N)c(C)nc2c1S(=O)(=O)c1cccc(Cl)c1. The summed E-state index contributed by atoms with van der Waals surface area (Å²) in [6.45, 7) is 3.52. The first-order valence-electron chi connectivity index (χ1n) is 6.97. The first-order chi connectivity index (χ1) is 11.3. The van der Waals surface area contributed by atoms with E-state index >= 15 is 0 Å². The summed E-state index contributed by atoms with van der Waals surface area (Å²) in [7, 11) is -3.83. The molecule has 0 radical (unpaired) electrons. The van der Waals surface area contributed by atoms with Crippen molar-refractivity contribution in [2.24, 2.45) is 0 Å². The Morgan fingerprint density at radius 1 is 1.29 bits per heavy atom. The van der Waals surface area contributed by atoms with Crippen LogP contribution in [0.3, 0.4) is 0 Å². The van der Waals surface area contributed by atoms with Gasteiger partial charge in [0.05, 0.1) is 22.0 Å². The van der Waals surface area contributed by atoms with E-state index in [1.807, 2.05) is 0 Å². The minimum absolute atomic E-state index is 0.0727. The number of thioether (sulfide) groups is 1. The van der Waals surface area contributed by atoms with E-state index in [0.717, 1.165) is 0 Å². The Hall–Kier alpha value is -1.77. The molecule has 0 aliphatic heterocycles. The molecule has 24 heavy (non-hydrogen) atoms. The van der Waals surface area contributed by atoms with Crippen molar-refractivity contribution in [1.29, 1.82) is 0 Å². The molecule has 3 rings (SSSR count). The number of anilines is 1. The molecule has 1 aromatic carbocycles. The molecular formula is C15H15ClN4O2S2. The van der Waals surface area contributed by atoms with E-state index in [1.54, 1.807) is 32.2 Å². The third-order valence-corrected chi connectivity index (χ3v) is 6.55. The van der Waals surface area contributed by atoms with Gasteiger partial charge in [0.1, 0.15) is 5.03 Å². The number of nitrogens with two attached hydrogens (primary N) is 1. The molecule has 0 aliphatic rings. The summed E-state index contributed by atoms with van der Waals surface area (Å²) in [6, 6.07) is 6.15. The maximum Gasteiger partial charge on any atom is 0.213 e. The molecule has 0 bridgehead atoms. The smallest absolute Gasteiger partial charge is 0.213 e. The quantitative estimate of drug-likeness (QED) is 0.700. The number of fused-ring (bicyclic) bond motifs is 1. The lowest BCUT2D eigenvalue weighted by Crippen LogP contribution is -2.07. The van der Waals surface area contributed by atoms with Crippen LogP contribution in [-0.4, -0.2) is 29.3 Å². The highest BCUT2D eigenvalue weighted by atomic mass is 35.5. The maximum absolute atomic E-state index is 13.2.